The molecule has 0 radical (unpaired) electrons. The van der Waals surface area contributed by atoms with Crippen molar-refractivity contribution in [1.29, 1.82) is 0 Å². The van der Waals surface area contributed by atoms with E-state index in [-0.39, 0.29) is 0 Å². The zero-order valence-electron chi connectivity index (χ0n) is 8.01. The number of morpholine rings is 1. The highest BCUT2D eigenvalue weighted by Gasteiger charge is 2.06. The molecule has 0 unspecified atom stereocenters. The van der Waals surface area contributed by atoms with Crippen LogP contribution in [0, 0.1) is 6.92 Å². The molecule has 2 rings (SSSR count). The van der Waals surface area contributed by atoms with Gasteiger partial charge in [-0.05, 0) is 6.92 Å². The standard InChI is InChI=1S/C8H12N4OS/c1-7-10-11-8(14-7)9-6-12-2-4-13-5-3-12/h6H,2-5H2,1H3. The van der Waals surface area contributed by atoms with Crippen LogP contribution in [-0.4, -0.2) is 47.7 Å². The second-order valence-electron chi connectivity index (χ2n) is 3.00. The molecule has 76 valence electrons. The molecule has 0 atom stereocenters. The first-order valence-corrected chi connectivity index (χ1v) is 5.32. The minimum absolute atomic E-state index is 0.717. The van der Waals surface area contributed by atoms with E-state index in [1.165, 1.54) is 11.3 Å². The third-order valence-electron chi connectivity index (χ3n) is 1.89. The summed E-state index contributed by atoms with van der Waals surface area (Å²) >= 11 is 1.50. The summed E-state index contributed by atoms with van der Waals surface area (Å²) in [7, 11) is 0. The average Bonchev–Trinajstić information content (AvgIpc) is 2.63. The van der Waals surface area contributed by atoms with Crippen molar-refractivity contribution < 1.29 is 4.74 Å². The number of ether oxygens (including phenoxy) is 1. The van der Waals surface area contributed by atoms with Crippen LogP contribution in [0.3, 0.4) is 0 Å². The summed E-state index contributed by atoms with van der Waals surface area (Å²) in [5, 5.41) is 9.47. The van der Waals surface area contributed by atoms with Crippen molar-refractivity contribution in [3.05, 3.63) is 5.01 Å². The van der Waals surface area contributed by atoms with E-state index in [4.69, 9.17) is 4.74 Å². The Morgan fingerprint density at radius 1 is 1.43 bits per heavy atom. The minimum atomic E-state index is 0.717. The van der Waals surface area contributed by atoms with Gasteiger partial charge in [-0.2, -0.15) is 0 Å². The smallest absolute Gasteiger partial charge is 0.233 e. The van der Waals surface area contributed by atoms with Crippen molar-refractivity contribution in [2.45, 2.75) is 6.92 Å². The number of aromatic nitrogens is 2. The number of aliphatic imine (C=N–C) groups is 1. The Kier molecular flexibility index (Phi) is 3.05. The first kappa shape index (κ1) is 9.54. The lowest BCUT2D eigenvalue weighted by atomic mass is 10.5. The summed E-state index contributed by atoms with van der Waals surface area (Å²) in [5.41, 5.74) is 0. The molecule has 0 N–H and O–H groups in total. The molecule has 0 aliphatic carbocycles. The SMILES string of the molecule is Cc1nnc(N=CN2CCOCC2)s1. The van der Waals surface area contributed by atoms with Gasteiger partial charge in [-0.1, -0.05) is 11.3 Å². The number of hydrogen-bond donors (Lipinski definition) is 0. The lowest BCUT2D eigenvalue weighted by molar-refractivity contribution is 0.0701. The van der Waals surface area contributed by atoms with E-state index in [1.54, 1.807) is 0 Å². The molecule has 1 aromatic rings. The molecule has 0 spiro atoms. The summed E-state index contributed by atoms with van der Waals surface area (Å²) in [4.78, 5) is 6.37. The topological polar surface area (TPSA) is 50.6 Å². The lowest BCUT2D eigenvalue weighted by Gasteiger charge is -2.23. The highest BCUT2D eigenvalue weighted by Crippen LogP contribution is 2.16. The predicted octanol–water partition coefficient (Wildman–Crippen LogP) is 0.839. The van der Waals surface area contributed by atoms with Gasteiger partial charge in [0, 0.05) is 13.1 Å². The molecule has 1 fully saturated rings. The number of hydrogen-bond acceptors (Lipinski definition) is 5. The molecule has 1 saturated heterocycles. The van der Waals surface area contributed by atoms with Crippen LogP contribution >= 0.6 is 11.3 Å². The van der Waals surface area contributed by atoms with E-state index in [0.29, 0.717) is 5.13 Å². The molecule has 0 saturated carbocycles. The van der Waals surface area contributed by atoms with Gasteiger partial charge in [0.05, 0.1) is 19.6 Å². The van der Waals surface area contributed by atoms with E-state index >= 15 is 0 Å². The zero-order chi connectivity index (χ0) is 9.80. The molecule has 1 aromatic heterocycles. The molecule has 0 aromatic carbocycles. The van der Waals surface area contributed by atoms with Crippen LogP contribution in [0.1, 0.15) is 5.01 Å². The fourth-order valence-electron chi connectivity index (χ4n) is 1.16. The maximum absolute atomic E-state index is 5.23. The maximum Gasteiger partial charge on any atom is 0.233 e. The Hall–Kier alpha value is -1.01. The van der Waals surface area contributed by atoms with E-state index in [2.05, 4.69) is 20.1 Å². The van der Waals surface area contributed by atoms with Crippen molar-refractivity contribution >= 4 is 22.8 Å². The van der Waals surface area contributed by atoms with Crippen LogP contribution in [0.25, 0.3) is 0 Å². The molecule has 6 heteroatoms. The Labute approximate surface area is 86.4 Å². The summed E-state index contributed by atoms with van der Waals surface area (Å²) < 4.78 is 5.23. The van der Waals surface area contributed by atoms with Crippen LogP contribution < -0.4 is 0 Å². The molecule has 5 nitrogen and oxygen atoms in total. The highest BCUT2D eigenvalue weighted by atomic mass is 32.1. The molecule has 0 bridgehead atoms. The Morgan fingerprint density at radius 3 is 2.86 bits per heavy atom. The van der Waals surface area contributed by atoms with E-state index < -0.39 is 0 Å². The fourth-order valence-corrected chi connectivity index (χ4v) is 1.69. The minimum Gasteiger partial charge on any atom is -0.378 e. The maximum atomic E-state index is 5.23. The third-order valence-corrected chi connectivity index (χ3v) is 2.64. The van der Waals surface area contributed by atoms with Gasteiger partial charge in [0.1, 0.15) is 5.01 Å². The van der Waals surface area contributed by atoms with Gasteiger partial charge in [0.15, 0.2) is 0 Å². The second-order valence-corrected chi connectivity index (χ2v) is 4.16. The molecule has 1 aliphatic heterocycles. The van der Waals surface area contributed by atoms with Gasteiger partial charge in [0.2, 0.25) is 5.13 Å². The molecule has 2 heterocycles. The van der Waals surface area contributed by atoms with Crippen LogP contribution in [0.4, 0.5) is 5.13 Å². The Bertz CT molecular complexity index is 319. The molecular formula is C8H12N4OS. The van der Waals surface area contributed by atoms with Crippen LogP contribution in [0.15, 0.2) is 4.99 Å². The quantitative estimate of drug-likeness (QED) is 0.538. The first-order chi connectivity index (χ1) is 6.84. The van der Waals surface area contributed by atoms with Crippen molar-refractivity contribution in [2.75, 3.05) is 26.3 Å². The summed E-state index contributed by atoms with van der Waals surface area (Å²) in [5.74, 6) is 0. The van der Waals surface area contributed by atoms with Crippen molar-refractivity contribution in [3.8, 4) is 0 Å². The van der Waals surface area contributed by atoms with Gasteiger partial charge in [0.25, 0.3) is 0 Å². The lowest BCUT2D eigenvalue weighted by Crippen LogP contribution is -2.34. The highest BCUT2D eigenvalue weighted by molar-refractivity contribution is 7.14. The van der Waals surface area contributed by atoms with Crippen LogP contribution in [0.5, 0.6) is 0 Å². The largest absolute Gasteiger partial charge is 0.378 e. The van der Waals surface area contributed by atoms with E-state index in [9.17, 15) is 0 Å². The summed E-state index contributed by atoms with van der Waals surface area (Å²) in [6.45, 7) is 5.29. The number of aryl methyl sites for hydroxylation is 1. The van der Waals surface area contributed by atoms with Gasteiger partial charge >= 0.3 is 0 Å². The zero-order valence-corrected chi connectivity index (χ0v) is 8.83. The van der Waals surface area contributed by atoms with Gasteiger partial charge in [-0.15, -0.1) is 10.2 Å². The molecular weight excluding hydrogens is 200 g/mol. The van der Waals surface area contributed by atoms with Crippen molar-refractivity contribution in [3.63, 3.8) is 0 Å². The Balaban J connectivity index is 1.92. The van der Waals surface area contributed by atoms with Gasteiger partial charge in [-0.25, -0.2) is 4.99 Å². The average molecular weight is 212 g/mol. The first-order valence-electron chi connectivity index (χ1n) is 4.51. The molecule has 14 heavy (non-hydrogen) atoms. The molecule has 0 amide bonds. The Morgan fingerprint density at radius 2 is 2.21 bits per heavy atom. The predicted molar refractivity (Wildman–Crippen MR) is 55.2 cm³/mol. The van der Waals surface area contributed by atoms with E-state index in [0.717, 1.165) is 31.3 Å². The second kappa shape index (κ2) is 4.47. The monoisotopic (exact) mass is 212 g/mol. The van der Waals surface area contributed by atoms with Crippen LogP contribution in [0.2, 0.25) is 0 Å². The summed E-state index contributed by atoms with van der Waals surface area (Å²) in [6.07, 6.45) is 1.82. The summed E-state index contributed by atoms with van der Waals surface area (Å²) in [6, 6.07) is 0. The van der Waals surface area contributed by atoms with Crippen molar-refractivity contribution in [1.82, 2.24) is 15.1 Å². The van der Waals surface area contributed by atoms with E-state index in [1.807, 2.05) is 13.3 Å². The normalized spacial score (nSPS) is 17.9. The number of nitrogens with zero attached hydrogens (tertiary/aromatic N) is 4. The van der Waals surface area contributed by atoms with Crippen LogP contribution in [-0.2, 0) is 4.74 Å². The molecule has 1 aliphatic rings. The van der Waals surface area contributed by atoms with Gasteiger partial charge < -0.3 is 9.64 Å². The third kappa shape index (κ3) is 2.49. The van der Waals surface area contributed by atoms with Crippen molar-refractivity contribution in [2.24, 2.45) is 4.99 Å². The van der Waals surface area contributed by atoms with Gasteiger partial charge in [-0.3, -0.25) is 0 Å². The fraction of sp³-hybridized carbons (Fsp3) is 0.625. The number of rotatable bonds is 2.